The minimum atomic E-state index is -1.82. The molecule has 0 heterocycles. The summed E-state index contributed by atoms with van der Waals surface area (Å²) in [5.41, 5.74) is 0.869. The highest BCUT2D eigenvalue weighted by atomic mass is 28.3. The van der Waals surface area contributed by atoms with Crippen LogP contribution in [0.25, 0.3) is 0 Å². The molecule has 0 saturated carbocycles. The Kier molecular flexibility index (Phi) is 9.74. The molecule has 0 saturated heterocycles. The van der Waals surface area contributed by atoms with E-state index < -0.39 is 8.07 Å². The van der Waals surface area contributed by atoms with Gasteiger partial charge in [-0.15, -0.1) is 0 Å². The molecular weight excluding hydrogens is 356 g/mol. The Balaban J connectivity index is 5.10. The van der Waals surface area contributed by atoms with Crippen LogP contribution in [0.2, 0.25) is 22.2 Å². The van der Waals surface area contributed by atoms with Crippen molar-refractivity contribution in [1.29, 1.82) is 0 Å². The van der Waals surface area contributed by atoms with E-state index in [-0.39, 0.29) is 22.0 Å². The summed E-state index contributed by atoms with van der Waals surface area (Å²) in [6, 6.07) is 2.13. The number of hydrogen-bond acceptors (Lipinski definition) is 4. The van der Waals surface area contributed by atoms with Crippen LogP contribution >= 0.6 is 0 Å². The van der Waals surface area contributed by atoms with E-state index in [1.807, 2.05) is 0 Å². The van der Waals surface area contributed by atoms with Crippen molar-refractivity contribution < 1.29 is 19.1 Å². The lowest BCUT2D eigenvalue weighted by Gasteiger charge is -2.52. The van der Waals surface area contributed by atoms with Crippen molar-refractivity contribution in [3.05, 3.63) is 24.3 Å². The van der Waals surface area contributed by atoms with Crippen LogP contribution in [0.4, 0.5) is 0 Å². The molecule has 0 aromatic carbocycles. The van der Waals surface area contributed by atoms with Crippen LogP contribution in [0.1, 0.15) is 68.2 Å². The second-order valence-electron chi connectivity index (χ2n) is 9.62. The van der Waals surface area contributed by atoms with Gasteiger partial charge in [0.2, 0.25) is 0 Å². The third-order valence-electron chi connectivity index (χ3n) is 5.53. The molecule has 0 bridgehead atoms. The van der Waals surface area contributed by atoms with Gasteiger partial charge in [-0.3, -0.25) is 0 Å². The number of rotatable bonds is 10. The molecule has 0 atom stereocenters. The highest BCUT2D eigenvalue weighted by Crippen LogP contribution is 2.56. The minimum absolute atomic E-state index is 0.183. The standard InChI is InChI=1S/C22H40O4Si/c1-17(2)19(23)25-13-11-15-27(21(5,6)7,22(8,9)10)16-12-14-26-20(24)18(3)4/h1,3,11-16H2,2,4-10H3. The predicted octanol–water partition coefficient (Wildman–Crippen LogP) is 6.05. The number of carbonyl (C=O) groups excluding carboxylic acids is 2. The second kappa shape index (κ2) is 10.3. The molecular formula is C22H40O4Si. The monoisotopic (exact) mass is 396 g/mol. The first kappa shape index (κ1) is 25.6. The van der Waals surface area contributed by atoms with Crippen molar-refractivity contribution in [3.63, 3.8) is 0 Å². The van der Waals surface area contributed by atoms with E-state index in [4.69, 9.17) is 9.47 Å². The molecule has 4 nitrogen and oxygen atoms in total. The Morgan fingerprint density at radius 2 is 1.04 bits per heavy atom. The van der Waals surface area contributed by atoms with Gasteiger partial charge in [0.1, 0.15) is 0 Å². The Morgan fingerprint density at radius 3 is 1.26 bits per heavy atom. The van der Waals surface area contributed by atoms with Gasteiger partial charge in [-0.2, -0.15) is 0 Å². The molecule has 5 heteroatoms. The van der Waals surface area contributed by atoms with Crippen LogP contribution in [-0.2, 0) is 19.1 Å². The average molecular weight is 397 g/mol. The third kappa shape index (κ3) is 7.65. The maximum atomic E-state index is 11.6. The fourth-order valence-corrected chi connectivity index (χ4v) is 11.1. The lowest BCUT2D eigenvalue weighted by Crippen LogP contribution is -2.51. The summed E-state index contributed by atoms with van der Waals surface area (Å²) in [5, 5.41) is 0.365. The smallest absolute Gasteiger partial charge is 0.333 e. The van der Waals surface area contributed by atoms with E-state index in [2.05, 4.69) is 54.7 Å². The fourth-order valence-electron chi connectivity index (χ4n) is 4.07. The van der Waals surface area contributed by atoms with Crippen LogP contribution in [-0.4, -0.2) is 33.2 Å². The molecule has 0 amide bonds. The van der Waals surface area contributed by atoms with E-state index in [1.165, 1.54) is 0 Å². The maximum absolute atomic E-state index is 11.6. The zero-order valence-electron chi connectivity index (χ0n) is 18.8. The van der Waals surface area contributed by atoms with E-state index in [1.54, 1.807) is 13.8 Å². The van der Waals surface area contributed by atoms with Gasteiger partial charge in [-0.25, -0.2) is 9.59 Å². The van der Waals surface area contributed by atoms with E-state index in [9.17, 15) is 9.59 Å². The quantitative estimate of drug-likeness (QED) is 0.195. The van der Waals surface area contributed by atoms with Crippen molar-refractivity contribution in [2.24, 2.45) is 0 Å². The van der Waals surface area contributed by atoms with Gasteiger partial charge in [0.15, 0.2) is 0 Å². The number of hydrogen-bond donors (Lipinski definition) is 0. The second-order valence-corrected chi connectivity index (χ2v) is 15.8. The molecule has 27 heavy (non-hydrogen) atoms. The molecule has 0 aliphatic rings. The maximum Gasteiger partial charge on any atom is 0.333 e. The van der Waals surface area contributed by atoms with Crippen LogP contribution in [0.15, 0.2) is 24.3 Å². The molecule has 0 spiro atoms. The van der Waals surface area contributed by atoms with Gasteiger partial charge in [0, 0.05) is 11.1 Å². The van der Waals surface area contributed by atoms with Gasteiger partial charge in [0.05, 0.1) is 21.3 Å². The summed E-state index contributed by atoms with van der Waals surface area (Å²) in [6.07, 6.45) is 1.71. The number of ether oxygens (including phenoxy) is 2. The number of carbonyl (C=O) groups is 2. The van der Waals surface area contributed by atoms with Crippen molar-refractivity contribution in [3.8, 4) is 0 Å². The fraction of sp³-hybridized carbons (Fsp3) is 0.727. The largest absolute Gasteiger partial charge is 0.462 e. The molecule has 156 valence electrons. The molecule has 0 rings (SSSR count). The number of esters is 2. The lowest BCUT2D eigenvalue weighted by atomic mass is 10.2. The van der Waals surface area contributed by atoms with Crippen LogP contribution in [0, 0.1) is 0 Å². The Hall–Kier alpha value is -1.36. The topological polar surface area (TPSA) is 52.6 Å². The zero-order chi connectivity index (χ0) is 21.5. The molecule has 0 aliphatic carbocycles. The highest BCUT2D eigenvalue weighted by Gasteiger charge is 2.51. The SMILES string of the molecule is C=C(C)C(=O)OCCC[Si](CCCOC(=O)C(=C)C)(C(C)(C)C)C(C)(C)C. The molecule has 0 aliphatic heterocycles. The summed E-state index contributed by atoms with van der Waals surface area (Å²) >= 11 is 0. The molecule has 0 fully saturated rings. The van der Waals surface area contributed by atoms with Gasteiger partial charge < -0.3 is 9.47 Å². The van der Waals surface area contributed by atoms with Crippen molar-refractivity contribution >= 4 is 20.0 Å². The molecule has 0 unspecified atom stereocenters. The highest BCUT2D eigenvalue weighted by molar-refractivity contribution is 6.85. The van der Waals surface area contributed by atoms with E-state index >= 15 is 0 Å². The van der Waals surface area contributed by atoms with E-state index in [0.29, 0.717) is 24.4 Å². The summed E-state index contributed by atoms with van der Waals surface area (Å²) in [4.78, 5) is 23.2. The Labute approximate surface area is 167 Å². The van der Waals surface area contributed by atoms with Gasteiger partial charge in [-0.1, -0.05) is 66.8 Å². The van der Waals surface area contributed by atoms with Crippen molar-refractivity contribution in [2.75, 3.05) is 13.2 Å². The first-order chi connectivity index (χ1) is 12.2. The molecule has 0 aromatic heterocycles. The summed E-state index contributed by atoms with van der Waals surface area (Å²) in [7, 11) is -1.82. The van der Waals surface area contributed by atoms with Crippen LogP contribution in [0.5, 0.6) is 0 Å². The Morgan fingerprint density at radius 1 is 0.741 bits per heavy atom. The van der Waals surface area contributed by atoms with Crippen molar-refractivity contribution in [1.82, 2.24) is 0 Å². The molecule has 0 radical (unpaired) electrons. The van der Waals surface area contributed by atoms with Crippen LogP contribution in [0.3, 0.4) is 0 Å². The summed E-state index contributed by atoms with van der Waals surface area (Å²) in [6.45, 7) is 25.4. The average Bonchev–Trinajstić information content (AvgIpc) is 2.49. The minimum Gasteiger partial charge on any atom is -0.462 e. The predicted molar refractivity (Wildman–Crippen MR) is 116 cm³/mol. The first-order valence-electron chi connectivity index (χ1n) is 9.81. The van der Waals surface area contributed by atoms with Gasteiger partial charge >= 0.3 is 11.9 Å². The third-order valence-corrected chi connectivity index (χ3v) is 13.7. The normalized spacial score (nSPS) is 12.4. The Bertz CT molecular complexity index is 500. The van der Waals surface area contributed by atoms with Crippen LogP contribution < -0.4 is 0 Å². The first-order valence-corrected chi connectivity index (χ1v) is 12.2. The summed E-state index contributed by atoms with van der Waals surface area (Å²) < 4.78 is 10.6. The van der Waals surface area contributed by atoms with Gasteiger partial charge in [0.25, 0.3) is 0 Å². The van der Waals surface area contributed by atoms with E-state index in [0.717, 1.165) is 24.9 Å². The molecule has 0 aromatic rings. The summed E-state index contributed by atoms with van der Waals surface area (Å²) in [5.74, 6) is -0.638. The van der Waals surface area contributed by atoms with Crippen molar-refractivity contribution in [2.45, 2.75) is 90.4 Å². The lowest BCUT2D eigenvalue weighted by molar-refractivity contribution is -0.139. The van der Waals surface area contributed by atoms with Gasteiger partial charge in [-0.05, 0) is 36.8 Å². The zero-order valence-corrected chi connectivity index (χ0v) is 19.8. The molecule has 0 N–H and O–H groups in total.